The highest BCUT2D eigenvalue weighted by Gasteiger charge is 2.31. The lowest BCUT2D eigenvalue weighted by atomic mass is 10.2. The van der Waals surface area contributed by atoms with Crippen molar-refractivity contribution in [2.24, 2.45) is 7.05 Å². The molecule has 5 nitrogen and oxygen atoms in total. The van der Waals surface area contributed by atoms with E-state index in [4.69, 9.17) is 4.74 Å². The Balaban J connectivity index is 1.99. The molecule has 0 aliphatic carbocycles. The van der Waals surface area contributed by atoms with Gasteiger partial charge in [0.05, 0.1) is 16.8 Å². The smallest absolute Gasteiger partial charge is 0.417 e. The Kier molecular flexibility index (Phi) is 4.44. The van der Waals surface area contributed by atoms with Crippen LogP contribution in [0.2, 0.25) is 0 Å². The van der Waals surface area contributed by atoms with Gasteiger partial charge in [0.15, 0.2) is 17.9 Å². The molecule has 0 aromatic carbocycles. The SMILES string of the molecule is Cn1cc(-c2cn3cc(C(F)(F)F)ccc3n2)c(=O)cc1OCC(C)(F)F. The Labute approximate surface area is 149 Å². The zero-order valence-corrected chi connectivity index (χ0v) is 14.2. The van der Waals surface area contributed by atoms with Crippen molar-refractivity contribution in [1.82, 2.24) is 14.0 Å². The van der Waals surface area contributed by atoms with Crippen molar-refractivity contribution in [2.75, 3.05) is 6.61 Å². The zero-order chi connectivity index (χ0) is 20.0. The van der Waals surface area contributed by atoms with E-state index in [1.807, 2.05) is 0 Å². The molecule has 0 aliphatic heterocycles. The van der Waals surface area contributed by atoms with Gasteiger partial charge in [-0.25, -0.2) is 13.8 Å². The number of halogens is 5. The van der Waals surface area contributed by atoms with E-state index in [-0.39, 0.29) is 22.8 Å². The predicted molar refractivity (Wildman–Crippen MR) is 87.0 cm³/mol. The first-order chi connectivity index (χ1) is 12.4. The minimum atomic E-state index is -4.50. The number of imidazole rings is 1. The molecule has 0 spiro atoms. The highest BCUT2D eigenvalue weighted by molar-refractivity contribution is 5.62. The highest BCUT2D eigenvalue weighted by Crippen LogP contribution is 2.29. The molecular formula is C17H14F5N3O2. The topological polar surface area (TPSA) is 48.5 Å². The zero-order valence-electron chi connectivity index (χ0n) is 14.2. The second kappa shape index (κ2) is 6.36. The lowest BCUT2D eigenvalue weighted by molar-refractivity contribution is -0.137. The number of fused-ring (bicyclic) bond motifs is 1. The number of hydrogen-bond acceptors (Lipinski definition) is 3. The molecule has 0 unspecified atom stereocenters. The number of ether oxygens (including phenoxy) is 1. The Morgan fingerprint density at radius 3 is 2.44 bits per heavy atom. The molecule has 0 bridgehead atoms. The number of alkyl halides is 5. The summed E-state index contributed by atoms with van der Waals surface area (Å²) in [7, 11) is 1.49. The Morgan fingerprint density at radius 2 is 1.81 bits per heavy atom. The first kappa shape index (κ1) is 18.9. The van der Waals surface area contributed by atoms with E-state index in [9.17, 15) is 26.7 Å². The Hall–Kier alpha value is -2.91. The van der Waals surface area contributed by atoms with Crippen molar-refractivity contribution in [3.8, 4) is 17.1 Å². The van der Waals surface area contributed by atoms with Gasteiger partial charge in [0.2, 0.25) is 0 Å². The van der Waals surface area contributed by atoms with Crippen LogP contribution in [0.1, 0.15) is 12.5 Å². The van der Waals surface area contributed by atoms with Crippen LogP contribution in [-0.2, 0) is 13.2 Å². The highest BCUT2D eigenvalue weighted by atomic mass is 19.4. The van der Waals surface area contributed by atoms with Crippen LogP contribution in [-0.4, -0.2) is 26.5 Å². The van der Waals surface area contributed by atoms with Gasteiger partial charge in [-0.15, -0.1) is 0 Å². The third kappa shape index (κ3) is 4.09. The quantitative estimate of drug-likeness (QED) is 0.641. The molecule has 0 N–H and O–H groups in total. The van der Waals surface area contributed by atoms with Gasteiger partial charge in [0.25, 0.3) is 5.92 Å². The number of nitrogens with zero attached hydrogens (tertiary/aromatic N) is 3. The van der Waals surface area contributed by atoms with Gasteiger partial charge in [-0.2, -0.15) is 13.2 Å². The van der Waals surface area contributed by atoms with Crippen molar-refractivity contribution >= 4 is 5.65 Å². The summed E-state index contributed by atoms with van der Waals surface area (Å²) in [6.45, 7) is -0.209. The van der Waals surface area contributed by atoms with Crippen molar-refractivity contribution in [3.05, 3.63) is 52.6 Å². The largest absolute Gasteiger partial charge is 0.472 e. The molecule has 10 heteroatoms. The maximum atomic E-state index is 12.9. The van der Waals surface area contributed by atoms with E-state index in [1.165, 1.54) is 34.5 Å². The van der Waals surface area contributed by atoms with Crippen LogP contribution in [0.25, 0.3) is 16.9 Å². The minimum Gasteiger partial charge on any atom is -0.472 e. The van der Waals surface area contributed by atoms with Gasteiger partial charge in [-0.05, 0) is 12.1 Å². The van der Waals surface area contributed by atoms with E-state index in [0.29, 0.717) is 6.92 Å². The van der Waals surface area contributed by atoms with E-state index in [1.54, 1.807) is 0 Å². The summed E-state index contributed by atoms with van der Waals surface area (Å²) in [4.78, 5) is 16.5. The molecule has 3 rings (SSSR count). The first-order valence-corrected chi connectivity index (χ1v) is 7.72. The number of rotatable bonds is 4. The fourth-order valence-electron chi connectivity index (χ4n) is 2.44. The van der Waals surface area contributed by atoms with Crippen molar-refractivity contribution in [3.63, 3.8) is 0 Å². The van der Waals surface area contributed by atoms with Crippen LogP contribution >= 0.6 is 0 Å². The van der Waals surface area contributed by atoms with Crippen molar-refractivity contribution < 1.29 is 26.7 Å². The van der Waals surface area contributed by atoms with Crippen LogP contribution in [0, 0.1) is 0 Å². The molecule has 3 heterocycles. The molecule has 3 aromatic heterocycles. The minimum absolute atomic E-state index is 0.0617. The summed E-state index contributed by atoms with van der Waals surface area (Å²) < 4.78 is 71.7. The molecule has 0 radical (unpaired) electrons. The number of hydrogen-bond donors (Lipinski definition) is 0. The third-order valence-corrected chi connectivity index (χ3v) is 3.72. The van der Waals surface area contributed by atoms with Crippen LogP contribution in [0.3, 0.4) is 0 Å². The third-order valence-electron chi connectivity index (χ3n) is 3.72. The average molecular weight is 387 g/mol. The summed E-state index contributed by atoms with van der Waals surface area (Å²) >= 11 is 0. The fourth-order valence-corrected chi connectivity index (χ4v) is 2.44. The van der Waals surface area contributed by atoms with Gasteiger partial charge in [-0.3, -0.25) is 4.79 Å². The summed E-state index contributed by atoms with van der Waals surface area (Å²) in [5, 5.41) is 0. The molecule has 27 heavy (non-hydrogen) atoms. The Bertz CT molecular complexity index is 1050. The normalized spacial score (nSPS) is 12.6. The molecule has 0 aliphatic rings. The van der Waals surface area contributed by atoms with Crippen LogP contribution in [0.4, 0.5) is 22.0 Å². The maximum Gasteiger partial charge on any atom is 0.417 e. The molecular weight excluding hydrogens is 373 g/mol. The molecule has 0 saturated heterocycles. The Morgan fingerprint density at radius 1 is 1.11 bits per heavy atom. The first-order valence-electron chi connectivity index (χ1n) is 7.72. The van der Waals surface area contributed by atoms with Gasteiger partial charge in [0, 0.05) is 38.6 Å². The monoisotopic (exact) mass is 387 g/mol. The summed E-state index contributed by atoms with van der Waals surface area (Å²) in [6, 6.07) is 3.12. The fraction of sp³-hybridized carbons (Fsp3) is 0.294. The van der Waals surface area contributed by atoms with Crippen molar-refractivity contribution in [1.29, 1.82) is 0 Å². The second-order valence-electron chi connectivity index (χ2n) is 6.17. The maximum absolute atomic E-state index is 12.9. The van der Waals surface area contributed by atoms with Gasteiger partial charge < -0.3 is 13.7 Å². The number of aromatic nitrogens is 3. The number of aryl methyl sites for hydroxylation is 1. The molecule has 0 amide bonds. The van der Waals surface area contributed by atoms with E-state index in [0.717, 1.165) is 18.3 Å². The molecule has 144 valence electrons. The lowest BCUT2D eigenvalue weighted by Gasteiger charge is -2.14. The summed E-state index contributed by atoms with van der Waals surface area (Å²) in [5.41, 5.74) is -0.920. The number of pyridine rings is 2. The predicted octanol–water partition coefficient (Wildman–Crippen LogP) is 3.75. The van der Waals surface area contributed by atoms with E-state index < -0.39 is 29.7 Å². The van der Waals surface area contributed by atoms with Crippen molar-refractivity contribution in [2.45, 2.75) is 19.0 Å². The van der Waals surface area contributed by atoms with Gasteiger partial charge in [-0.1, -0.05) is 0 Å². The summed E-state index contributed by atoms with van der Waals surface area (Å²) in [6.07, 6.45) is -1.01. The van der Waals surface area contributed by atoms with Crippen LogP contribution in [0.5, 0.6) is 5.88 Å². The van der Waals surface area contributed by atoms with Gasteiger partial charge in [0.1, 0.15) is 5.65 Å². The summed E-state index contributed by atoms with van der Waals surface area (Å²) in [5.74, 6) is -3.12. The molecule has 3 aromatic rings. The van der Waals surface area contributed by atoms with Gasteiger partial charge >= 0.3 is 6.18 Å². The lowest BCUT2D eigenvalue weighted by Crippen LogP contribution is -2.23. The second-order valence-corrected chi connectivity index (χ2v) is 6.17. The molecule has 0 fully saturated rings. The van der Waals surface area contributed by atoms with E-state index >= 15 is 0 Å². The van der Waals surface area contributed by atoms with Crippen LogP contribution < -0.4 is 10.2 Å². The molecule has 0 atom stereocenters. The average Bonchev–Trinajstić information content (AvgIpc) is 2.96. The molecule has 0 saturated carbocycles. The standard InChI is InChI=1S/C17H14F5N3O2/c1-16(18,19)9-27-15-5-13(26)11(7-24(15)2)12-8-25-6-10(17(20,21)22)3-4-14(25)23-12/h3-8H,9H2,1-2H3. The van der Waals surface area contributed by atoms with Crippen LogP contribution in [0.15, 0.2) is 41.6 Å². The van der Waals surface area contributed by atoms with E-state index in [2.05, 4.69) is 4.98 Å².